The molecule has 10 nitrogen and oxygen atoms in total. The maximum Gasteiger partial charge on any atom is 1.00 e. The number of aliphatic hydroxyl groups is 1. The van der Waals surface area contributed by atoms with Crippen LogP contribution in [-0.4, -0.2) is 41.8 Å². The van der Waals surface area contributed by atoms with Crippen molar-refractivity contribution in [2.24, 2.45) is 5.73 Å². The second-order valence-electron chi connectivity index (χ2n) is 20.8. The summed E-state index contributed by atoms with van der Waals surface area (Å²) in [6.45, 7) is 21.8. The van der Waals surface area contributed by atoms with E-state index in [-0.39, 0.29) is 75.2 Å². The topological polar surface area (TPSA) is 206 Å². The fourth-order valence-electron chi connectivity index (χ4n) is 9.94. The van der Waals surface area contributed by atoms with Crippen LogP contribution in [0.4, 0.5) is 0 Å². The SMILES string of the molecule is CC(=O)Cl.CC(=O)c1ccc(C)c2ccccc12.Cc1ccc(C(C)C)c2ccccc12.Cc1ccc(C(C)N)c2ccccc12.Cc1ccc(C(C)O)c2ccccc12.Cc1cccc2ccccc12.N=N.O.O=C1NC(=O)c2ccccc21.[B].[H-].[HH].[Na+]. The summed E-state index contributed by atoms with van der Waals surface area (Å²) in [5.74, 6) is 0.123. The van der Waals surface area contributed by atoms with Crippen molar-refractivity contribution < 1.29 is 62.2 Å². The number of hydrogen-bond acceptors (Lipinski definition) is 8. The van der Waals surface area contributed by atoms with Crippen molar-refractivity contribution in [1.82, 2.24) is 5.32 Å². The van der Waals surface area contributed by atoms with Gasteiger partial charge in [0.15, 0.2) is 5.78 Å². The number of imide groups is 1. The van der Waals surface area contributed by atoms with Crippen LogP contribution in [0.25, 0.3) is 53.9 Å². The Balaban J connectivity index is 0.00000102. The molecule has 3 radical (unpaired) electrons. The Labute approximate surface area is 545 Å². The first-order chi connectivity index (χ1) is 40.2. The van der Waals surface area contributed by atoms with Crippen LogP contribution in [0.5, 0.6) is 0 Å². The predicted octanol–water partition coefficient (Wildman–Crippen LogP) is 15.2. The Kier molecular flexibility index (Phi) is 31.9. The zero-order valence-electron chi connectivity index (χ0n) is 53.1. The van der Waals surface area contributed by atoms with Gasteiger partial charge in [-0.2, -0.15) is 0 Å². The third-order valence-corrected chi connectivity index (χ3v) is 14.3. The van der Waals surface area contributed by atoms with Gasteiger partial charge in [-0.3, -0.25) is 24.5 Å². The van der Waals surface area contributed by atoms with E-state index in [1.165, 1.54) is 89.0 Å². The van der Waals surface area contributed by atoms with E-state index in [2.05, 4.69) is 205 Å². The van der Waals surface area contributed by atoms with Crippen LogP contribution < -0.4 is 40.6 Å². The van der Waals surface area contributed by atoms with Crippen molar-refractivity contribution in [1.29, 1.82) is 11.1 Å². The van der Waals surface area contributed by atoms with Gasteiger partial charge in [-0.25, -0.2) is 11.1 Å². The van der Waals surface area contributed by atoms with Crippen LogP contribution in [0.1, 0.15) is 138 Å². The van der Waals surface area contributed by atoms with Crippen LogP contribution in [0.2, 0.25) is 0 Å². The average molecular weight is 1190 g/mol. The molecule has 2 amide bonds. The number of aryl methyl sites for hydroxylation is 5. The van der Waals surface area contributed by atoms with Gasteiger partial charge in [0, 0.05) is 28.4 Å². The van der Waals surface area contributed by atoms with Crippen molar-refractivity contribution in [2.45, 2.75) is 94.2 Å². The van der Waals surface area contributed by atoms with Gasteiger partial charge in [0.25, 0.3) is 11.8 Å². The Morgan fingerprint density at radius 2 is 0.759 bits per heavy atom. The number of ketones is 1. The standard InChI is InChI=1S/C14H16.C13H15N.C13H14O.C13H12O.C11H10.C8H5NO2.C2H3ClO.B.H2N2.Na.H2O.H2.H/c1-10(2)12-9-8-11(3)13-6-4-5-7-14(12)13;3*1-9-7-8-12(10(2)14)13-6-4-3-5-11(9)13;1-9-5-4-7-10-6-2-3-8-11(9)10;10-7-5-3-1-2-4-6(5)8(11)9-7;1-2(3)4;;1-2;;;;/h4-10H,1-3H3;3-8,10H,14H2,1-2H3;3-8,10,14H,1-2H3;3-8H,1-2H3;2-8H,1H3;1-4H,(H,9,10,11);1H3;;1-2H;;1H2;1H;/q;;;;;;;;;+1;;;-1. The van der Waals surface area contributed by atoms with Gasteiger partial charge < -0.3 is 17.7 Å². The van der Waals surface area contributed by atoms with E-state index in [9.17, 15) is 24.3 Å². The van der Waals surface area contributed by atoms with Gasteiger partial charge in [0.1, 0.15) is 0 Å². The molecule has 87 heavy (non-hydrogen) atoms. The maximum atomic E-state index is 11.4. The number of carbonyl (C=O) groups excluding carboxylic acids is 4. The molecule has 2 unspecified atom stereocenters. The summed E-state index contributed by atoms with van der Waals surface area (Å²) in [4.78, 5) is 42.5. The van der Waals surface area contributed by atoms with Crippen molar-refractivity contribution in [2.75, 3.05) is 0 Å². The molecule has 0 bridgehead atoms. The summed E-state index contributed by atoms with van der Waals surface area (Å²) < 4.78 is 0. The molecule has 1 aliphatic rings. The zero-order chi connectivity index (χ0) is 61.6. The molecule has 12 rings (SSSR count). The van der Waals surface area contributed by atoms with Crippen molar-refractivity contribution in [3.8, 4) is 0 Å². The van der Waals surface area contributed by atoms with E-state index in [1.54, 1.807) is 38.1 Å². The fraction of sp³-hybridized carbons (Fsp3) is 0.189. The van der Waals surface area contributed by atoms with E-state index < -0.39 is 6.10 Å². The Hall–Kier alpha value is -7.97. The second-order valence-corrected chi connectivity index (χ2v) is 21.3. The number of hydrogen-bond donors (Lipinski definition) is 5. The van der Waals surface area contributed by atoms with Crippen molar-refractivity contribution in [3.05, 3.63) is 274 Å². The van der Waals surface area contributed by atoms with Crippen LogP contribution in [-0.2, 0) is 4.79 Å². The maximum absolute atomic E-state index is 11.4. The van der Waals surface area contributed by atoms with Gasteiger partial charge in [-0.1, -0.05) is 214 Å². The molecule has 0 aromatic heterocycles. The summed E-state index contributed by atoms with van der Waals surface area (Å²) in [6, 6.07) is 71.6. The van der Waals surface area contributed by atoms with E-state index in [1.807, 2.05) is 55.5 Å². The number of carbonyl (C=O) groups is 4. The molecule has 1 heterocycles. The number of rotatable bonds is 4. The van der Waals surface area contributed by atoms with Crippen molar-refractivity contribution >= 4 is 96.7 Å². The van der Waals surface area contributed by atoms with Gasteiger partial charge in [0.2, 0.25) is 5.24 Å². The van der Waals surface area contributed by atoms with Crippen molar-refractivity contribution in [3.63, 3.8) is 0 Å². The molecule has 2 atom stereocenters. The number of aliphatic hydroxyl groups excluding tert-OH is 1. The number of Topliss-reactive ketones (excluding diaryl/α,β-unsaturated/α-hetero) is 1. The summed E-state index contributed by atoms with van der Waals surface area (Å²) in [7, 11) is 0. The number of halogens is 1. The minimum atomic E-state index is -0.402. The molecule has 11 aromatic carbocycles. The number of benzene rings is 11. The largest absolute Gasteiger partial charge is 1.00 e. The summed E-state index contributed by atoms with van der Waals surface area (Å²) >= 11 is 4.64. The molecule has 0 aliphatic carbocycles. The molecule has 13 heteroatoms. The molecule has 0 spiro atoms. The first-order valence-electron chi connectivity index (χ1n) is 27.9. The van der Waals surface area contributed by atoms with Crippen LogP contribution in [0.3, 0.4) is 0 Å². The molecule has 445 valence electrons. The molecule has 1 aliphatic heterocycles. The summed E-state index contributed by atoms with van der Waals surface area (Å²) in [6.07, 6.45) is -0.402. The third kappa shape index (κ3) is 20.6. The quantitative estimate of drug-likeness (QED) is 0.0381. The minimum Gasteiger partial charge on any atom is -1.00 e. The molecular weight excluding hydrogens is 1110 g/mol. The van der Waals surface area contributed by atoms with E-state index in [4.69, 9.17) is 16.8 Å². The summed E-state index contributed by atoms with van der Waals surface area (Å²) in [5.41, 5.74) is 27.9. The predicted molar refractivity (Wildman–Crippen MR) is 364 cm³/mol. The minimum absolute atomic E-state index is 0. The monoisotopic (exact) mass is 1190 g/mol. The first-order valence-corrected chi connectivity index (χ1v) is 28.3. The average Bonchev–Trinajstić information content (AvgIpc) is 3.82. The molecule has 0 saturated heterocycles. The van der Waals surface area contributed by atoms with E-state index >= 15 is 0 Å². The fourth-order valence-corrected chi connectivity index (χ4v) is 9.94. The molecule has 0 saturated carbocycles. The van der Waals surface area contributed by atoms with Gasteiger partial charge in [-0.05, 0) is 183 Å². The third-order valence-electron chi connectivity index (χ3n) is 14.3. The van der Waals surface area contributed by atoms with Gasteiger partial charge >= 0.3 is 29.6 Å². The Bertz CT molecular complexity index is 3840. The van der Waals surface area contributed by atoms with E-state index in [0.717, 1.165) is 21.9 Å². The molecular formula is C74H82BClN4NaO6. The number of nitrogens with two attached hydrogens (primary N) is 1. The second kappa shape index (κ2) is 36.9. The number of fused-ring (bicyclic) bond motifs is 6. The smallest absolute Gasteiger partial charge is 1.00 e. The Morgan fingerprint density at radius 1 is 0.460 bits per heavy atom. The zero-order valence-corrected chi connectivity index (χ0v) is 54.8. The van der Waals surface area contributed by atoms with E-state index in [0.29, 0.717) is 17.0 Å². The Morgan fingerprint density at radius 3 is 1.15 bits per heavy atom. The molecule has 8 N–H and O–H groups in total. The van der Waals surface area contributed by atoms with Crippen LogP contribution in [0.15, 0.2) is 212 Å². The molecule has 11 aromatic rings. The summed E-state index contributed by atoms with van der Waals surface area (Å²) in [5, 5.41) is 24.1. The van der Waals surface area contributed by atoms with Crippen LogP contribution in [0, 0.1) is 45.7 Å². The number of nitrogens with one attached hydrogen (secondary N) is 3. The van der Waals surface area contributed by atoms with Gasteiger partial charge in [0.05, 0.1) is 17.2 Å². The normalized spacial score (nSPS) is 11.2. The van der Waals surface area contributed by atoms with Gasteiger partial charge in [-0.15, -0.1) is 0 Å². The first kappa shape index (κ1) is 75.1. The molecule has 0 fully saturated rings. The van der Waals surface area contributed by atoms with Crippen LogP contribution >= 0.6 is 11.6 Å². The number of amides is 2.